The summed E-state index contributed by atoms with van der Waals surface area (Å²) in [4.78, 5) is 0. The smallest absolute Gasteiger partial charge is 0.127 e. The van der Waals surface area contributed by atoms with Crippen LogP contribution in [-0.4, -0.2) is 6.61 Å². The first kappa shape index (κ1) is 16.8. The summed E-state index contributed by atoms with van der Waals surface area (Å²) in [5, 5.41) is 0. The van der Waals surface area contributed by atoms with Crippen LogP contribution >= 0.6 is 0 Å². The molecular weight excluding hydrogens is 244 g/mol. The van der Waals surface area contributed by atoms with Crippen molar-refractivity contribution in [1.29, 1.82) is 0 Å². The molecule has 0 heterocycles. The maximum Gasteiger partial charge on any atom is 0.127 e. The predicted octanol–water partition coefficient (Wildman–Crippen LogP) is 5.47. The summed E-state index contributed by atoms with van der Waals surface area (Å²) in [6.07, 6.45) is 6.65. The van der Waals surface area contributed by atoms with E-state index < -0.39 is 0 Å². The second kappa shape index (κ2) is 8.84. The standard InChI is InChI=1S/C19H28O/c1-6-18-14-19(11-10-17(18)5)20-13-12-16(4)9-7-8-15(2)3/h1,6,10,14-16H,7-9,12-13H2,2-5H3. The Bertz CT molecular complexity index is 406. The molecule has 1 unspecified atom stereocenters. The van der Waals surface area contributed by atoms with Gasteiger partial charge in [0, 0.05) is 6.07 Å². The van der Waals surface area contributed by atoms with Gasteiger partial charge < -0.3 is 4.74 Å². The van der Waals surface area contributed by atoms with E-state index in [0.29, 0.717) is 0 Å². The van der Waals surface area contributed by atoms with E-state index in [2.05, 4.69) is 26.8 Å². The fourth-order valence-electron chi connectivity index (χ4n) is 2.21. The quantitative estimate of drug-likeness (QED) is 0.579. The van der Waals surface area contributed by atoms with Crippen molar-refractivity contribution in [3.63, 3.8) is 0 Å². The molecule has 0 N–H and O–H groups in total. The predicted molar refractivity (Wildman–Crippen MR) is 86.7 cm³/mol. The Hall–Kier alpha value is -1.24. The maximum absolute atomic E-state index is 5.77. The average molecular weight is 272 g/mol. The molecule has 0 spiro atoms. The van der Waals surface area contributed by atoms with E-state index in [1.165, 1.54) is 19.3 Å². The molecular formula is C19H28O. The minimum atomic E-state index is 0.722. The van der Waals surface area contributed by atoms with Gasteiger partial charge in [-0.3, -0.25) is 0 Å². The van der Waals surface area contributed by atoms with E-state index in [1.807, 2.05) is 19.1 Å². The summed E-state index contributed by atoms with van der Waals surface area (Å²) in [5.41, 5.74) is 2.14. The molecule has 1 aromatic rings. The van der Waals surface area contributed by atoms with Crippen LogP contribution in [0.5, 0.6) is 5.75 Å². The zero-order valence-electron chi connectivity index (χ0n) is 13.4. The third-order valence-electron chi connectivity index (χ3n) is 3.70. The lowest BCUT2D eigenvalue weighted by molar-refractivity contribution is 0.275. The molecule has 0 aromatic heterocycles. The number of benzene rings is 1. The Balaban J connectivity index is 2.28. The van der Waals surface area contributed by atoms with E-state index in [4.69, 9.17) is 11.3 Å². The summed E-state index contributed by atoms with van der Waals surface area (Å²) in [6, 6.07) is 7.03. The second-order valence-electron chi connectivity index (χ2n) is 6.17. The normalized spacial score (nSPS) is 12.4. The number of hydrogen-bond donors (Lipinski definition) is 0. The molecule has 1 heteroatoms. The molecule has 110 valence electrons. The van der Waals surface area contributed by atoms with Gasteiger partial charge in [0.25, 0.3) is 0 Å². The van der Waals surface area contributed by atoms with Gasteiger partial charge in [0.2, 0.25) is 0 Å². The van der Waals surface area contributed by atoms with Gasteiger partial charge in [0.1, 0.15) is 5.75 Å². The highest BCUT2D eigenvalue weighted by Gasteiger charge is 2.05. The van der Waals surface area contributed by atoms with E-state index >= 15 is 0 Å². The molecule has 2 radical (unpaired) electrons. The van der Waals surface area contributed by atoms with Crippen LogP contribution in [0.15, 0.2) is 12.1 Å². The highest BCUT2D eigenvalue weighted by Crippen LogP contribution is 2.19. The number of hydrogen-bond acceptors (Lipinski definition) is 1. The monoisotopic (exact) mass is 272 g/mol. The minimum Gasteiger partial charge on any atom is -0.493 e. The Morgan fingerprint density at radius 2 is 2.00 bits per heavy atom. The van der Waals surface area contributed by atoms with Crippen LogP contribution in [0.2, 0.25) is 0 Å². The molecule has 1 atom stereocenters. The summed E-state index contributed by atoms with van der Waals surface area (Å²) < 4.78 is 5.77. The first-order chi connectivity index (χ1) is 9.52. The largest absolute Gasteiger partial charge is 0.493 e. The molecule has 0 fully saturated rings. The molecule has 20 heavy (non-hydrogen) atoms. The fourth-order valence-corrected chi connectivity index (χ4v) is 2.21. The second-order valence-corrected chi connectivity index (χ2v) is 6.17. The van der Waals surface area contributed by atoms with E-state index in [0.717, 1.165) is 41.7 Å². The molecule has 1 aromatic carbocycles. The van der Waals surface area contributed by atoms with Crippen LogP contribution in [0.3, 0.4) is 0 Å². The summed E-state index contributed by atoms with van der Waals surface area (Å²) in [6.45, 7) is 15.2. The Morgan fingerprint density at radius 1 is 1.25 bits per heavy atom. The van der Waals surface area contributed by atoms with Gasteiger partial charge in [-0.15, -0.1) is 0 Å². The third kappa shape index (κ3) is 6.27. The van der Waals surface area contributed by atoms with Crippen LogP contribution in [0, 0.1) is 31.4 Å². The van der Waals surface area contributed by atoms with Crippen LogP contribution in [0.4, 0.5) is 0 Å². The lowest BCUT2D eigenvalue weighted by Gasteiger charge is -2.13. The maximum atomic E-state index is 5.77. The zero-order chi connectivity index (χ0) is 15.0. The van der Waals surface area contributed by atoms with Gasteiger partial charge in [-0.05, 0) is 48.4 Å². The van der Waals surface area contributed by atoms with Crippen molar-refractivity contribution in [1.82, 2.24) is 0 Å². The van der Waals surface area contributed by atoms with Crippen molar-refractivity contribution in [2.75, 3.05) is 6.61 Å². The van der Waals surface area contributed by atoms with Crippen LogP contribution in [0.1, 0.15) is 57.6 Å². The zero-order valence-corrected chi connectivity index (χ0v) is 13.4. The van der Waals surface area contributed by atoms with Crippen molar-refractivity contribution in [3.8, 4) is 5.75 Å². The van der Waals surface area contributed by atoms with E-state index in [9.17, 15) is 0 Å². The van der Waals surface area contributed by atoms with Crippen molar-refractivity contribution in [3.05, 3.63) is 35.9 Å². The van der Waals surface area contributed by atoms with E-state index in [-0.39, 0.29) is 0 Å². The van der Waals surface area contributed by atoms with Crippen molar-refractivity contribution < 1.29 is 4.74 Å². The Labute approximate surface area is 125 Å². The van der Waals surface area contributed by atoms with Gasteiger partial charge in [-0.1, -0.05) is 52.7 Å². The van der Waals surface area contributed by atoms with Crippen LogP contribution in [0.25, 0.3) is 6.08 Å². The summed E-state index contributed by atoms with van der Waals surface area (Å²) in [5.74, 6) is 2.33. The van der Waals surface area contributed by atoms with Gasteiger partial charge in [-0.25, -0.2) is 0 Å². The molecule has 0 aliphatic heterocycles. The minimum absolute atomic E-state index is 0.722. The molecule has 1 rings (SSSR count). The Kier molecular flexibility index (Phi) is 7.43. The van der Waals surface area contributed by atoms with Crippen LogP contribution < -0.4 is 4.74 Å². The van der Waals surface area contributed by atoms with E-state index in [1.54, 1.807) is 6.08 Å². The molecule has 1 nitrogen and oxygen atoms in total. The first-order valence-electron chi connectivity index (χ1n) is 7.73. The number of ether oxygens (including phenoxy) is 1. The third-order valence-corrected chi connectivity index (χ3v) is 3.70. The van der Waals surface area contributed by atoms with Gasteiger partial charge in [0.05, 0.1) is 6.61 Å². The molecule has 0 aliphatic rings. The topological polar surface area (TPSA) is 9.23 Å². The molecule has 0 saturated heterocycles. The average Bonchev–Trinajstić information content (AvgIpc) is 2.40. The molecule has 0 saturated carbocycles. The summed E-state index contributed by atoms with van der Waals surface area (Å²) >= 11 is 0. The molecule has 0 bridgehead atoms. The van der Waals surface area contributed by atoms with Gasteiger partial charge in [0.15, 0.2) is 0 Å². The molecule has 0 aliphatic carbocycles. The lowest BCUT2D eigenvalue weighted by atomic mass is 9.98. The van der Waals surface area contributed by atoms with Gasteiger partial charge >= 0.3 is 0 Å². The Morgan fingerprint density at radius 3 is 2.65 bits per heavy atom. The number of rotatable bonds is 9. The van der Waals surface area contributed by atoms with Gasteiger partial charge in [-0.2, -0.15) is 0 Å². The number of aryl methyl sites for hydroxylation is 1. The highest BCUT2D eigenvalue weighted by atomic mass is 16.5. The van der Waals surface area contributed by atoms with Crippen molar-refractivity contribution in [2.45, 2.75) is 53.4 Å². The lowest BCUT2D eigenvalue weighted by Crippen LogP contribution is -2.05. The fraction of sp³-hybridized carbons (Fsp3) is 0.579. The highest BCUT2D eigenvalue weighted by molar-refractivity contribution is 5.52. The SMILES string of the molecule is [CH]=Cc1cc(OCCC(C)CCCC(C)C)[c]cc1C. The van der Waals surface area contributed by atoms with Crippen LogP contribution in [-0.2, 0) is 0 Å². The summed E-state index contributed by atoms with van der Waals surface area (Å²) in [7, 11) is 0. The molecule has 0 amide bonds. The first-order valence-corrected chi connectivity index (χ1v) is 7.73. The van der Waals surface area contributed by atoms with Crippen molar-refractivity contribution in [2.24, 2.45) is 11.8 Å². The van der Waals surface area contributed by atoms with Crippen molar-refractivity contribution >= 4 is 6.08 Å².